The lowest BCUT2D eigenvalue weighted by Crippen LogP contribution is -2.38. The molecule has 7 heteroatoms. The zero-order chi connectivity index (χ0) is 16.9. The van der Waals surface area contributed by atoms with Crippen LogP contribution >= 0.6 is 0 Å². The normalized spacial score (nSPS) is 11.5. The summed E-state index contributed by atoms with van der Waals surface area (Å²) in [5, 5.41) is 2.66. The van der Waals surface area contributed by atoms with Crippen molar-refractivity contribution < 1.29 is 17.9 Å². The molecule has 0 bridgehead atoms. The van der Waals surface area contributed by atoms with E-state index in [0.29, 0.717) is 12.5 Å². The Morgan fingerprint density at radius 1 is 1.23 bits per heavy atom. The summed E-state index contributed by atoms with van der Waals surface area (Å²) in [5.74, 6) is 0.207. The molecule has 6 nitrogen and oxygen atoms in total. The molecule has 0 aromatic heterocycles. The minimum absolute atomic E-state index is 0.0368. The topological polar surface area (TPSA) is 84.5 Å². The third kappa shape index (κ3) is 4.99. The van der Waals surface area contributed by atoms with E-state index in [1.54, 1.807) is 12.1 Å². The van der Waals surface area contributed by atoms with E-state index in [2.05, 4.69) is 10.0 Å². The fourth-order valence-corrected chi connectivity index (χ4v) is 2.97. The van der Waals surface area contributed by atoms with Crippen molar-refractivity contribution in [3.8, 4) is 5.75 Å². The summed E-state index contributed by atoms with van der Waals surface area (Å²) in [6.07, 6.45) is 0. The van der Waals surface area contributed by atoms with Gasteiger partial charge in [-0.05, 0) is 43.0 Å². The summed E-state index contributed by atoms with van der Waals surface area (Å²) in [6.45, 7) is 7.83. The van der Waals surface area contributed by atoms with Crippen LogP contribution in [0.15, 0.2) is 17.0 Å². The van der Waals surface area contributed by atoms with Gasteiger partial charge < -0.3 is 10.1 Å². The van der Waals surface area contributed by atoms with E-state index in [1.807, 2.05) is 27.7 Å². The van der Waals surface area contributed by atoms with E-state index in [-0.39, 0.29) is 23.1 Å². The van der Waals surface area contributed by atoms with Crippen LogP contribution in [0, 0.1) is 19.8 Å². The first kappa shape index (κ1) is 18.4. The van der Waals surface area contributed by atoms with Crippen LogP contribution in [-0.2, 0) is 14.8 Å². The number of benzene rings is 1. The van der Waals surface area contributed by atoms with Crippen LogP contribution in [0.1, 0.15) is 25.0 Å². The molecule has 0 spiro atoms. The number of rotatable bonds is 7. The summed E-state index contributed by atoms with van der Waals surface area (Å²) in [4.78, 5) is 11.7. The molecule has 22 heavy (non-hydrogen) atoms. The van der Waals surface area contributed by atoms with Crippen molar-refractivity contribution in [2.45, 2.75) is 32.6 Å². The number of carbonyl (C=O) groups excluding carboxylic acids is 1. The van der Waals surface area contributed by atoms with Gasteiger partial charge in [0, 0.05) is 6.54 Å². The largest absolute Gasteiger partial charge is 0.495 e. The number of nitrogens with one attached hydrogen (secondary N) is 2. The maximum atomic E-state index is 12.3. The number of carbonyl (C=O) groups is 1. The SMILES string of the molecule is COc1cc(C)c(C)cc1S(=O)(=O)NCC(=O)NCC(C)C. The third-order valence-corrected chi connectivity index (χ3v) is 4.62. The summed E-state index contributed by atoms with van der Waals surface area (Å²) < 4.78 is 32.1. The van der Waals surface area contributed by atoms with Crippen molar-refractivity contribution in [3.05, 3.63) is 23.3 Å². The molecule has 1 aromatic carbocycles. The van der Waals surface area contributed by atoms with Gasteiger partial charge in [-0.15, -0.1) is 0 Å². The van der Waals surface area contributed by atoms with Crippen molar-refractivity contribution in [1.82, 2.24) is 10.0 Å². The first-order valence-electron chi connectivity index (χ1n) is 7.09. The van der Waals surface area contributed by atoms with Gasteiger partial charge >= 0.3 is 0 Å². The van der Waals surface area contributed by atoms with Gasteiger partial charge in [-0.3, -0.25) is 4.79 Å². The van der Waals surface area contributed by atoms with E-state index < -0.39 is 10.0 Å². The number of hydrogen-bond donors (Lipinski definition) is 2. The van der Waals surface area contributed by atoms with Crippen molar-refractivity contribution in [2.75, 3.05) is 20.2 Å². The van der Waals surface area contributed by atoms with Crippen molar-refractivity contribution in [3.63, 3.8) is 0 Å². The standard InChI is InChI=1S/C15H24N2O4S/c1-10(2)8-16-15(18)9-17-22(19,20)14-7-12(4)11(3)6-13(14)21-5/h6-7,10,17H,8-9H2,1-5H3,(H,16,18). The molecule has 1 aromatic rings. The molecule has 0 aliphatic carbocycles. The van der Waals surface area contributed by atoms with Crippen LogP contribution in [0.2, 0.25) is 0 Å². The van der Waals surface area contributed by atoms with E-state index in [4.69, 9.17) is 4.74 Å². The summed E-state index contributed by atoms with van der Waals surface area (Å²) >= 11 is 0. The fourth-order valence-electron chi connectivity index (χ4n) is 1.75. The van der Waals surface area contributed by atoms with E-state index in [9.17, 15) is 13.2 Å². The van der Waals surface area contributed by atoms with Gasteiger partial charge in [0.25, 0.3) is 0 Å². The zero-order valence-electron chi connectivity index (χ0n) is 13.7. The Morgan fingerprint density at radius 2 is 1.82 bits per heavy atom. The van der Waals surface area contributed by atoms with E-state index >= 15 is 0 Å². The Bertz CT molecular complexity index is 639. The molecule has 1 rings (SSSR count). The van der Waals surface area contributed by atoms with Gasteiger partial charge in [-0.25, -0.2) is 13.1 Å². The maximum absolute atomic E-state index is 12.3. The highest BCUT2D eigenvalue weighted by Crippen LogP contribution is 2.26. The van der Waals surface area contributed by atoms with Gasteiger partial charge in [0.15, 0.2) is 0 Å². The molecule has 0 aliphatic rings. The van der Waals surface area contributed by atoms with Crippen LogP contribution in [-0.4, -0.2) is 34.5 Å². The highest BCUT2D eigenvalue weighted by atomic mass is 32.2. The second kappa shape index (κ2) is 7.60. The van der Waals surface area contributed by atoms with Crippen molar-refractivity contribution >= 4 is 15.9 Å². The summed E-state index contributed by atoms with van der Waals surface area (Å²) in [7, 11) is -2.40. The van der Waals surface area contributed by atoms with Crippen LogP contribution in [0.5, 0.6) is 5.75 Å². The number of hydrogen-bond acceptors (Lipinski definition) is 4. The fraction of sp³-hybridized carbons (Fsp3) is 0.533. The predicted molar refractivity (Wildman–Crippen MR) is 85.5 cm³/mol. The average molecular weight is 328 g/mol. The average Bonchev–Trinajstić information content (AvgIpc) is 2.45. The summed E-state index contributed by atoms with van der Waals surface area (Å²) in [6, 6.07) is 3.21. The molecule has 2 N–H and O–H groups in total. The van der Waals surface area contributed by atoms with Crippen molar-refractivity contribution in [2.24, 2.45) is 5.92 Å². The first-order chi connectivity index (χ1) is 10.2. The molecule has 0 heterocycles. The van der Waals surface area contributed by atoms with E-state index in [1.165, 1.54) is 7.11 Å². The molecule has 0 saturated carbocycles. The Morgan fingerprint density at radius 3 is 2.36 bits per heavy atom. The van der Waals surface area contributed by atoms with Crippen LogP contribution in [0.25, 0.3) is 0 Å². The Hall–Kier alpha value is -1.60. The minimum atomic E-state index is -3.81. The van der Waals surface area contributed by atoms with Crippen LogP contribution < -0.4 is 14.8 Å². The Balaban J connectivity index is 2.87. The Labute approximate surface area is 132 Å². The van der Waals surface area contributed by atoms with Gasteiger partial charge in [0.2, 0.25) is 15.9 Å². The number of sulfonamides is 1. The second-order valence-corrected chi connectivity index (χ2v) is 7.35. The lowest BCUT2D eigenvalue weighted by atomic mass is 10.1. The number of methoxy groups -OCH3 is 1. The van der Waals surface area contributed by atoms with Gasteiger partial charge in [0.05, 0.1) is 13.7 Å². The van der Waals surface area contributed by atoms with Gasteiger partial charge in [-0.1, -0.05) is 13.8 Å². The molecule has 0 aliphatic heterocycles. The smallest absolute Gasteiger partial charge is 0.244 e. The Kier molecular flexibility index (Phi) is 6.37. The quantitative estimate of drug-likeness (QED) is 0.791. The predicted octanol–water partition coefficient (Wildman–Crippen LogP) is 1.36. The highest BCUT2D eigenvalue weighted by Gasteiger charge is 2.21. The van der Waals surface area contributed by atoms with Crippen molar-refractivity contribution in [1.29, 1.82) is 0 Å². The lowest BCUT2D eigenvalue weighted by molar-refractivity contribution is -0.120. The minimum Gasteiger partial charge on any atom is -0.495 e. The molecule has 1 amide bonds. The van der Waals surface area contributed by atoms with Crippen LogP contribution in [0.3, 0.4) is 0 Å². The molecular weight excluding hydrogens is 304 g/mol. The molecule has 0 atom stereocenters. The first-order valence-corrected chi connectivity index (χ1v) is 8.57. The zero-order valence-corrected chi connectivity index (χ0v) is 14.5. The lowest BCUT2D eigenvalue weighted by Gasteiger charge is -2.13. The second-order valence-electron chi connectivity index (χ2n) is 5.61. The van der Waals surface area contributed by atoms with E-state index in [0.717, 1.165) is 11.1 Å². The van der Waals surface area contributed by atoms with Gasteiger partial charge in [0.1, 0.15) is 10.6 Å². The highest BCUT2D eigenvalue weighted by molar-refractivity contribution is 7.89. The third-order valence-electron chi connectivity index (χ3n) is 3.20. The van der Waals surface area contributed by atoms with Gasteiger partial charge in [-0.2, -0.15) is 0 Å². The molecule has 124 valence electrons. The van der Waals surface area contributed by atoms with Crippen LogP contribution in [0.4, 0.5) is 0 Å². The molecule has 0 unspecified atom stereocenters. The number of ether oxygens (including phenoxy) is 1. The molecule has 0 fully saturated rings. The maximum Gasteiger partial charge on any atom is 0.244 e. The molecular formula is C15H24N2O4S. The summed E-state index contributed by atoms with van der Waals surface area (Å²) in [5.41, 5.74) is 1.77. The number of aryl methyl sites for hydroxylation is 2. The number of amides is 1. The monoisotopic (exact) mass is 328 g/mol. The molecule has 0 radical (unpaired) electrons. The molecule has 0 saturated heterocycles.